The van der Waals surface area contributed by atoms with Gasteiger partial charge in [0.15, 0.2) is 6.29 Å². The van der Waals surface area contributed by atoms with Crippen LogP contribution >= 0.6 is 11.3 Å². The summed E-state index contributed by atoms with van der Waals surface area (Å²) in [5, 5.41) is 2.58. The Kier molecular flexibility index (Phi) is 3.17. The van der Waals surface area contributed by atoms with E-state index in [1.54, 1.807) is 5.38 Å². The van der Waals surface area contributed by atoms with Gasteiger partial charge in [-0.15, -0.1) is 11.3 Å². The molecule has 0 atom stereocenters. The van der Waals surface area contributed by atoms with Crippen LogP contribution in [0.3, 0.4) is 0 Å². The fourth-order valence-corrected chi connectivity index (χ4v) is 1.88. The lowest BCUT2D eigenvalue weighted by Crippen LogP contribution is -2.21. The number of hydrogen-bond donors (Lipinski definition) is 0. The minimum atomic E-state index is -0.388. The molecule has 0 N–H and O–H groups in total. The first-order chi connectivity index (χ1) is 6.10. The molecule has 0 unspecified atom stereocenters. The van der Waals surface area contributed by atoms with Crippen LogP contribution in [0.1, 0.15) is 36.3 Å². The number of aldehydes is 1. The Labute approximate surface area is 81.8 Å². The number of ether oxygens (including phenoxy) is 1. The SMILES string of the molecule is CCOC(C)(C)c1nc(C=O)cs1. The quantitative estimate of drug-likeness (QED) is 0.698. The largest absolute Gasteiger partial charge is 0.369 e. The lowest BCUT2D eigenvalue weighted by atomic mass is 10.1. The van der Waals surface area contributed by atoms with Crippen LogP contribution in [0.15, 0.2) is 5.38 Å². The van der Waals surface area contributed by atoms with Crippen LogP contribution < -0.4 is 0 Å². The molecule has 1 aromatic heterocycles. The molecule has 1 rings (SSSR count). The number of rotatable bonds is 4. The molecule has 0 spiro atoms. The molecular weight excluding hydrogens is 186 g/mol. The Bertz CT molecular complexity index is 294. The van der Waals surface area contributed by atoms with Crippen molar-refractivity contribution in [2.45, 2.75) is 26.4 Å². The van der Waals surface area contributed by atoms with Crippen molar-refractivity contribution in [2.24, 2.45) is 0 Å². The van der Waals surface area contributed by atoms with Crippen molar-refractivity contribution in [1.29, 1.82) is 0 Å². The van der Waals surface area contributed by atoms with E-state index in [1.807, 2.05) is 20.8 Å². The van der Waals surface area contributed by atoms with Gasteiger partial charge in [-0.2, -0.15) is 0 Å². The predicted molar refractivity (Wildman–Crippen MR) is 52.2 cm³/mol. The summed E-state index contributed by atoms with van der Waals surface area (Å²) in [7, 11) is 0. The highest BCUT2D eigenvalue weighted by molar-refractivity contribution is 7.10. The van der Waals surface area contributed by atoms with Gasteiger partial charge in [-0.25, -0.2) is 4.98 Å². The molecule has 0 aliphatic carbocycles. The zero-order chi connectivity index (χ0) is 9.90. The zero-order valence-corrected chi connectivity index (χ0v) is 8.85. The van der Waals surface area contributed by atoms with E-state index >= 15 is 0 Å². The molecule has 1 heterocycles. The van der Waals surface area contributed by atoms with Gasteiger partial charge in [0, 0.05) is 12.0 Å². The van der Waals surface area contributed by atoms with Gasteiger partial charge in [0.25, 0.3) is 0 Å². The van der Waals surface area contributed by atoms with Gasteiger partial charge in [0.2, 0.25) is 0 Å². The van der Waals surface area contributed by atoms with Crippen LogP contribution in [0.5, 0.6) is 0 Å². The summed E-state index contributed by atoms with van der Waals surface area (Å²) in [5.41, 5.74) is 0.0912. The lowest BCUT2D eigenvalue weighted by molar-refractivity contribution is -0.0141. The van der Waals surface area contributed by atoms with E-state index < -0.39 is 0 Å². The second-order valence-corrected chi connectivity index (χ2v) is 4.00. The van der Waals surface area contributed by atoms with E-state index in [9.17, 15) is 4.79 Å². The molecule has 1 aromatic rings. The number of carbonyl (C=O) groups excluding carboxylic acids is 1. The molecular formula is C9H13NO2S. The van der Waals surface area contributed by atoms with Crippen LogP contribution in [0.25, 0.3) is 0 Å². The van der Waals surface area contributed by atoms with Crippen LogP contribution in [0.4, 0.5) is 0 Å². The van der Waals surface area contributed by atoms with E-state index in [0.29, 0.717) is 12.3 Å². The first kappa shape index (κ1) is 10.3. The lowest BCUT2D eigenvalue weighted by Gasteiger charge is -2.21. The molecule has 0 aliphatic rings. The second kappa shape index (κ2) is 3.98. The molecule has 4 heteroatoms. The second-order valence-electron chi connectivity index (χ2n) is 3.14. The van der Waals surface area contributed by atoms with Crippen molar-refractivity contribution in [3.63, 3.8) is 0 Å². The van der Waals surface area contributed by atoms with Gasteiger partial charge in [-0.3, -0.25) is 4.79 Å². The van der Waals surface area contributed by atoms with Crippen LogP contribution in [0.2, 0.25) is 0 Å². The number of thiazole rings is 1. The summed E-state index contributed by atoms with van der Waals surface area (Å²) in [4.78, 5) is 14.6. The van der Waals surface area contributed by atoms with Gasteiger partial charge < -0.3 is 4.74 Å². The van der Waals surface area contributed by atoms with Gasteiger partial charge in [0.05, 0.1) is 0 Å². The van der Waals surface area contributed by atoms with Crippen molar-refractivity contribution < 1.29 is 9.53 Å². The van der Waals surface area contributed by atoms with E-state index in [2.05, 4.69) is 4.98 Å². The third-order valence-corrected chi connectivity index (χ3v) is 2.83. The van der Waals surface area contributed by atoms with Crippen molar-refractivity contribution in [3.8, 4) is 0 Å². The summed E-state index contributed by atoms with van der Waals surface area (Å²) < 4.78 is 5.51. The highest BCUT2D eigenvalue weighted by Crippen LogP contribution is 2.27. The average molecular weight is 199 g/mol. The summed E-state index contributed by atoms with van der Waals surface area (Å²) in [6, 6.07) is 0. The normalized spacial score (nSPS) is 11.6. The van der Waals surface area contributed by atoms with Crippen molar-refractivity contribution in [3.05, 3.63) is 16.1 Å². The highest BCUT2D eigenvalue weighted by Gasteiger charge is 2.24. The number of nitrogens with zero attached hydrogens (tertiary/aromatic N) is 1. The molecule has 0 bridgehead atoms. The monoisotopic (exact) mass is 199 g/mol. The minimum Gasteiger partial charge on any atom is -0.369 e. The number of carbonyl (C=O) groups is 1. The van der Waals surface area contributed by atoms with Gasteiger partial charge in [0.1, 0.15) is 16.3 Å². The summed E-state index contributed by atoms with van der Waals surface area (Å²) in [6.07, 6.45) is 0.752. The minimum absolute atomic E-state index is 0.388. The van der Waals surface area contributed by atoms with Gasteiger partial charge >= 0.3 is 0 Å². The Morgan fingerprint density at radius 2 is 2.38 bits per heavy atom. The van der Waals surface area contributed by atoms with E-state index in [4.69, 9.17) is 4.74 Å². The molecule has 3 nitrogen and oxygen atoms in total. The Hall–Kier alpha value is -0.740. The van der Waals surface area contributed by atoms with E-state index in [0.717, 1.165) is 11.3 Å². The van der Waals surface area contributed by atoms with Crippen molar-refractivity contribution in [2.75, 3.05) is 6.61 Å². The fraction of sp³-hybridized carbons (Fsp3) is 0.556. The topological polar surface area (TPSA) is 39.2 Å². The predicted octanol–water partition coefficient (Wildman–Crippen LogP) is 2.23. The van der Waals surface area contributed by atoms with Crippen molar-refractivity contribution in [1.82, 2.24) is 4.98 Å². The molecule has 0 saturated carbocycles. The number of aromatic nitrogens is 1. The molecule has 0 saturated heterocycles. The molecule has 13 heavy (non-hydrogen) atoms. The molecule has 0 radical (unpaired) electrons. The van der Waals surface area contributed by atoms with Gasteiger partial charge in [-0.1, -0.05) is 0 Å². The summed E-state index contributed by atoms with van der Waals surface area (Å²) in [5.74, 6) is 0. The maximum Gasteiger partial charge on any atom is 0.169 e. The smallest absolute Gasteiger partial charge is 0.169 e. The third kappa shape index (κ3) is 2.35. The Balaban J connectivity index is 2.86. The zero-order valence-electron chi connectivity index (χ0n) is 8.03. The van der Waals surface area contributed by atoms with Gasteiger partial charge in [-0.05, 0) is 20.8 Å². The molecule has 72 valence electrons. The maximum atomic E-state index is 10.4. The highest BCUT2D eigenvalue weighted by atomic mass is 32.1. The standard InChI is InChI=1S/C9H13NO2S/c1-4-12-9(2,3)8-10-7(5-11)6-13-8/h5-6H,4H2,1-3H3. The first-order valence-electron chi connectivity index (χ1n) is 4.15. The van der Waals surface area contributed by atoms with Crippen molar-refractivity contribution >= 4 is 17.6 Å². The van der Waals surface area contributed by atoms with Crippen LogP contribution in [-0.2, 0) is 10.3 Å². The average Bonchev–Trinajstić information content (AvgIpc) is 2.52. The van der Waals surface area contributed by atoms with E-state index in [-0.39, 0.29) is 5.60 Å². The number of hydrogen-bond acceptors (Lipinski definition) is 4. The Morgan fingerprint density at radius 1 is 1.69 bits per heavy atom. The summed E-state index contributed by atoms with van der Waals surface area (Å²) in [6.45, 7) is 6.48. The Morgan fingerprint density at radius 3 is 2.85 bits per heavy atom. The van der Waals surface area contributed by atoms with Crippen LogP contribution in [0, 0.1) is 0 Å². The molecule has 0 aliphatic heterocycles. The first-order valence-corrected chi connectivity index (χ1v) is 5.03. The molecule has 0 aromatic carbocycles. The maximum absolute atomic E-state index is 10.4. The van der Waals surface area contributed by atoms with E-state index in [1.165, 1.54) is 11.3 Å². The van der Waals surface area contributed by atoms with Crippen LogP contribution in [-0.4, -0.2) is 17.9 Å². The third-order valence-electron chi connectivity index (χ3n) is 1.66. The molecule has 0 fully saturated rings. The fourth-order valence-electron chi connectivity index (χ4n) is 1.04. The summed E-state index contributed by atoms with van der Waals surface area (Å²) >= 11 is 1.45. The molecule has 0 amide bonds.